The van der Waals surface area contributed by atoms with Gasteiger partial charge in [0.25, 0.3) is 10.0 Å². The molecular formula is C9H12NO2S2. The van der Waals surface area contributed by atoms with Crippen LogP contribution in [-0.2, 0) is 10.0 Å². The molecule has 0 heterocycles. The van der Waals surface area contributed by atoms with Gasteiger partial charge in [-0.05, 0) is 24.6 Å². The SMILES string of the molecule is C[S](C)C=NS(=O)(=O)c1ccccc1. The maximum atomic E-state index is 11.5. The summed E-state index contributed by atoms with van der Waals surface area (Å²) in [4.78, 5) is 0.238. The molecule has 0 fully saturated rings. The average molecular weight is 230 g/mol. The zero-order valence-corrected chi connectivity index (χ0v) is 9.68. The fourth-order valence-corrected chi connectivity index (χ4v) is 2.56. The highest BCUT2D eigenvalue weighted by Gasteiger charge is 2.09. The fourth-order valence-electron chi connectivity index (χ4n) is 0.796. The lowest BCUT2D eigenvalue weighted by atomic mass is 10.4. The van der Waals surface area contributed by atoms with Crippen molar-refractivity contribution in [2.45, 2.75) is 4.90 Å². The highest BCUT2D eigenvalue weighted by molar-refractivity contribution is 8.27. The third kappa shape index (κ3) is 3.16. The lowest BCUT2D eigenvalue weighted by molar-refractivity contribution is 0.598. The van der Waals surface area contributed by atoms with Crippen molar-refractivity contribution in [2.24, 2.45) is 4.40 Å². The van der Waals surface area contributed by atoms with Crippen LogP contribution >= 0.6 is 10.9 Å². The van der Waals surface area contributed by atoms with E-state index in [9.17, 15) is 8.42 Å². The highest BCUT2D eigenvalue weighted by Crippen LogP contribution is 2.14. The predicted molar refractivity (Wildman–Crippen MR) is 61.6 cm³/mol. The van der Waals surface area contributed by atoms with Crippen molar-refractivity contribution >= 4 is 26.5 Å². The van der Waals surface area contributed by atoms with Gasteiger partial charge >= 0.3 is 0 Å². The first-order valence-electron chi connectivity index (χ1n) is 3.94. The molecule has 0 aromatic heterocycles. The van der Waals surface area contributed by atoms with Gasteiger partial charge in [0.2, 0.25) is 0 Å². The molecule has 0 N–H and O–H groups in total. The first-order chi connectivity index (χ1) is 6.52. The minimum Gasteiger partial charge on any atom is -0.199 e. The summed E-state index contributed by atoms with van der Waals surface area (Å²) in [5, 5.41) is 0. The van der Waals surface area contributed by atoms with Crippen LogP contribution in [0.3, 0.4) is 0 Å². The summed E-state index contributed by atoms with van der Waals surface area (Å²) in [5.41, 5.74) is 1.46. The molecule has 1 rings (SSSR count). The number of benzene rings is 1. The van der Waals surface area contributed by atoms with Gasteiger partial charge in [-0.25, -0.2) is 0 Å². The van der Waals surface area contributed by atoms with Crippen molar-refractivity contribution in [3.05, 3.63) is 30.3 Å². The second-order valence-electron chi connectivity index (χ2n) is 2.88. The second-order valence-corrected chi connectivity index (χ2v) is 6.48. The molecule has 0 aliphatic rings. The molecule has 0 bridgehead atoms. The van der Waals surface area contributed by atoms with Crippen molar-refractivity contribution in [3.63, 3.8) is 0 Å². The van der Waals surface area contributed by atoms with E-state index >= 15 is 0 Å². The lowest BCUT2D eigenvalue weighted by Gasteiger charge is -1.99. The zero-order chi connectivity index (χ0) is 10.6. The standard InChI is InChI=1S/C9H12NO2S2/c1-13(2)8-10-14(11,12)9-6-4-3-5-7-9/h3-8H,1-2H3. The van der Waals surface area contributed by atoms with E-state index < -0.39 is 10.0 Å². The van der Waals surface area contributed by atoms with Crippen molar-refractivity contribution in [1.82, 2.24) is 0 Å². The first-order valence-corrected chi connectivity index (χ1v) is 7.49. The Morgan fingerprint density at radius 1 is 1.21 bits per heavy atom. The van der Waals surface area contributed by atoms with Gasteiger partial charge in [0.1, 0.15) is 0 Å². The van der Waals surface area contributed by atoms with Crippen LogP contribution in [0.2, 0.25) is 0 Å². The second kappa shape index (κ2) is 4.61. The van der Waals surface area contributed by atoms with Crippen molar-refractivity contribution < 1.29 is 8.42 Å². The van der Waals surface area contributed by atoms with Gasteiger partial charge in [-0.2, -0.15) is 23.7 Å². The van der Waals surface area contributed by atoms with Gasteiger partial charge in [0.15, 0.2) is 0 Å². The Bertz CT molecular complexity index is 410. The fraction of sp³-hybridized carbons (Fsp3) is 0.222. The van der Waals surface area contributed by atoms with E-state index in [1.165, 1.54) is 17.7 Å². The topological polar surface area (TPSA) is 46.5 Å². The van der Waals surface area contributed by atoms with Crippen LogP contribution < -0.4 is 0 Å². The minimum atomic E-state index is -3.48. The van der Waals surface area contributed by atoms with Crippen molar-refractivity contribution in [3.8, 4) is 0 Å². The monoisotopic (exact) mass is 230 g/mol. The summed E-state index contributed by atoms with van der Waals surface area (Å²) < 4.78 is 26.7. The van der Waals surface area contributed by atoms with E-state index in [2.05, 4.69) is 4.40 Å². The van der Waals surface area contributed by atoms with Crippen LogP contribution in [0.25, 0.3) is 0 Å². The maximum absolute atomic E-state index is 11.5. The first kappa shape index (κ1) is 11.3. The van der Waals surface area contributed by atoms with E-state index in [0.29, 0.717) is 0 Å². The molecule has 0 saturated carbocycles. The summed E-state index contributed by atoms with van der Waals surface area (Å²) >= 11 is 0. The number of rotatable bonds is 3. The highest BCUT2D eigenvalue weighted by atomic mass is 32.2. The molecule has 5 heteroatoms. The van der Waals surface area contributed by atoms with E-state index in [-0.39, 0.29) is 15.8 Å². The summed E-state index contributed by atoms with van der Waals surface area (Å²) in [6, 6.07) is 8.21. The average Bonchev–Trinajstić information content (AvgIpc) is 2.16. The largest absolute Gasteiger partial charge is 0.282 e. The van der Waals surface area contributed by atoms with E-state index in [1.54, 1.807) is 18.2 Å². The molecule has 0 spiro atoms. The van der Waals surface area contributed by atoms with Gasteiger partial charge in [0.05, 0.1) is 10.4 Å². The van der Waals surface area contributed by atoms with Gasteiger partial charge in [-0.15, -0.1) is 0 Å². The Labute approximate surface area is 87.3 Å². The third-order valence-corrected chi connectivity index (χ3v) is 3.35. The summed E-state index contributed by atoms with van der Waals surface area (Å²) in [6.45, 7) is 0. The summed E-state index contributed by atoms with van der Waals surface area (Å²) in [7, 11) is -3.59. The van der Waals surface area contributed by atoms with Crippen LogP contribution in [0.1, 0.15) is 0 Å². The quantitative estimate of drug-likeness (QED) is 0.588. The number of hydrogen-bond acceptors (Lipinski definition) is 2. The van der Waals surface area contributed by atoms with Crippen molar-refractivity contribution in [1.29, 1.82) is 0 Å². The molecule has 77 valence electrons. The van der Waals surface area contributed by atoms with Crippen LogP contribution in [0.4, 0.5) is 0 Å². The molecule has 0 aliphatic heterocycles. The molecule has 3 nitrogen and oxygen atoms in total. The number of sulfonamides is 1. The zero-order valence-electron chi connectivity index (χ0n) is 8.04. The molecule has 1 aromatic rings. The van der Waals surface area contributed by atoms with Gasteiger partial charge in [-0.3, -0.25) is 0 Å². The third-order valence-electron chi connectivity index (χ3n) is 1.43. The van der Waals surface area contributed by atoms with Gasteiger partial charge < -0.3 is 0 Å². The van der Waals surface area contributed by atoms with Gasteiger partial charge in [0, 0.05) is 0 Å². The Kier molecular flexibility index (Phi) is 3.71. The molecule has 1 aromatic carbocycles. The smallest absolute Gasteiger partial charge is 0.199 e. The molecule has 0 aliphatic carbocycles. The Morgan fingerprint density at radius 2 is 1.79 bits per heavy atom. The van der Waals surface area contributed by atoms with Gasteiger partial charge in [-0.1, -0.05) is 18.2 Å². The molecule has 14 heavy (non-hydrogen) atoms. The van der Waals surface area contributed by atoms with Crippen LogP contribution in [0.15, 0.2) is 39.6 Å². The molecule has 0 atom stereocenters. The van der Waals surface area contributed by atoms with Crippen LogP contribution in [0, 0.1) is 0 Å². The lowest BCUT2D eigenvalue weighted by Crippen LogP contribution is -1.96. The van der Waals surface area contributed by atoms with Crippen molar-refractivity contribution in [2.75, 3.05) is 12.5 Å². The normalized spacial score (nSPS) is 12.5. The van der Waals surface area contributed by atoms with E-state index in [1.807, 2.05) is 12.5 Å². The number of hydrogen-bond donors (Lipinski definition) is 0. The molecule has 0 unspecified atom stereocenters. The van der Waals surface area contributed by atoms with Crippen LogP contribution in [-0.4, -0.2) is 26.5 Å². The minimum absolute atomic E-state index is 0.107. The summed E-state index contributed by atoms with van der Waals surface area (Å²) in [6.07, 6.45) is 3.81. The molecule has 0 amide bonds. The predicted octanol–water partition coefficient (Wildman–Crippen LogP) is 1.93. The Balaban J connectivity index is 2.99. The molecule has 0 saturated heterocycles. The Morgan fingerprint density at radius 3 is 2.29 bits per heavy atom. The van der Waals surface area contributed by atoms with E-state index in [4.69, 9.17) is 0 Å². The molecular weight excluding hydrogens is 218 g/mol. The summed E-state index contributed by atoms with van der Waals surface area (Å²) in [5.74, 6) is 0. The van der Waals surface area contributed by atoms with E-state index in [0.717, 1.165) is 0 Å². The Hall–Kier alpha value is -0.810. The number of nitrogens with zero attached hydrogens (tertiary/aromatic N) is 1. The van der Waals surface area contributed by atoms with Crippen LogP contribution in [0.5, 0.6) is 0 Å². The molecule has 1 radical (unpaired) electrons. The maximum Gasteiger partial charge on any atom is 0.282 e.